The van der Waals surface area contributed by atoms with Crippen LogP contribution in [0.15, 0.2) is 42.5 Å². The first-order valence-electron chi connectivity index (χ1n) is 8.49. The van der Waals surface area contributed by atoms with Crippen molar-refractivity contribution < 1.29 is 14.6 Å². The van der Waals surface area contributed by atoms with Gasteiger partial charge in [0.05, 0.1) is 20.3 Å². The Morgan fingerprint density at radius 2 is 1.92 bits per heavy atom. The lowest BCUT2D eigenvalue weighted by atomic mass is 10.1. The van der Waals surface area contributed by atoms with Crippen LogP contribution in [0.4, 0.5) is 0 Å². The fourth-order valence-electron chi connectivity index (χ4n) is 3.07. The van der Waals surface area contributed by atoms with Crippen LogP contribution in [0.2, 0.25) is 5.02 Å². The van der Waals surface area contributed by atoms with Gasteiger partial charge in [-0.05, 0) is 37.1 Å². The third-order valence-corrected chi connectivity index (χ3v) is 4.94. The molecule has 1 N–H and O–H groups in total. The maximum absolute atomic E-state index is 10.7. The number of aliphatic hydroxyl groups is 1. The quantitative estimate of drug-likeness (QED) is 0.770. The normalized spacial score (nSPS) is 15.2. The highest BCUT2D eigenvalue weighted by molar-refractivity contribution is 6.31. The standard InChI is InChI=1S/C20H24ClNO3/c1-24-16-9-10-20(25-2)14(11-16)12-22(15-7-8-15)13-19(23)17-5-3-4-6-18(17)21/h3-6,9-11,15,19,23H,7-8,12-13H2,1-2H3. The van der Waals surface area contributed by atoms with Gasteiger partial charge in [-0.3, -0.25) is 4.90 Å². The summed E-state index contributed by atoms with van der Waals surface area (Å²) in [7, 11) is 3.33. The minimum absolute atomic E-state index is 0.494. The molecule has 3 rings (SSSR count). The number of benzene rings is 2. The van der Waals surface area contributed by atoms with Gasteiger partial charge >= 0.3 is 0 Å². The van der Waals surface area contributed by atoms with Gasteiger partial charge in [0.1, 0.15) is 11.5 Å². The summed E-state index contributed by atoms with van der Waals surface area (Å²) >= 11 is 6.23. The van der Waals surface area contributed by atoms with E-state index in [1.807, 2.05) is 42.5 Å². The highest BCUT2D eigenvalue weighted by Crippen LogP contribution is 2.34. The zero-order valence-corrected chi connectivity index (χ0v) is 15.4. The number of hydrogen-bond donors (Lipinski definition) is 1. The number of halogens is 1. The van der Waals surface area contributed by atoms with Crippen molar-refractivity contribution in [3.63, 3.8) is 0 Å². The highest BCUT2D eigenvalue weighted by Gasteiger charge is 2.31. The minimum Gasteiger partial charge on any atom is -0.497 e. The van der Waals surface area contributed by atoms with Crippen LogP contribution in [0, 0.1) is 0 Å². The summed E-state index contributed by atoms with van der Waals surface area (Å²) in [5.74, 6) is 1.64. The van der Waals surface area contributed by atoms with Crippen LogP contribution in [-0.4, -0.2) is 36.8 Å². The Labute approximate surface area is 153 Å². The number of methoxy groups -OCH3 is 2. The van der Waals surface area contributed by atoms with Crippen molar-refractivity contribution in [1.29, 1.82) is 0 Å². The molecule has 2 aromatic rings. The van der Waals surface area contributed by atoms with Crippen LogP contribution < -0.4 is 9.47 Å². The second-order valence-electron chi connectivity index (χ2n) is 6.38. The Kier molecular flexibility index (Phi) is 5.84. The monoisotopic (exact) mass is 361 g/mol. The van der Waals surface area contributed by atoms with E-state index in [4.69, 9.17) is 21.1 Å². The molecule has 0 aromatic heterocycles. The molecule has 1 aliphatic carbocycles. The van der Waals surface area contributed by atoms with Gasteiger partial charge in [-0.25, -0.2) is 0 Å². The summed E-state index contributed by atoms with van der Waals surface area (Å²) in [4.78, 5) is 2.30. The van der Waals surface area contributed by atoms with Crippen molar-refractivity contribution in [2.24, 2.45) is 0 Å². The molecule has 0 heterocycles. The maximum Gasteiger partial charge on any atom is 0.123 e. The summed E-state index contributed by atoms with van der Waals surface area (Å²) in [6.07, 6.45) is 1.69. The molecule has 2 aromatic carbocycles. The van der Waals surface area contributed by atoms with E-state index in [2.05, 4.69) is 4.90 Å². The lowest BCUT2D eigenvalue weighted by molar-refractivity contribution is 0.104. The zero-order chi connectivity index (χ0) is 17.8. The Bertz CT molecular complexity index is 718. The van der Waals surface area contributed by atoms with Gasteiger partial charge in [0, 0.05) is 35.3 Å². The molecular weight excluding hydrogens is 338 g/mol. The molecule has 1 aliphatic rings. The zero-order valence-electron chi connectivity index (χ0n) is 14.6. The Morgan fingerprint density at radius 3 is 2.56 bits per heavy atom. The summed E-state index contributed by atoms with van der Waals surface area (Å²) in [6, 6.07) is 13.8. The van der Waals surface area contributed by atoms with E-state index in [1.165, 1.54) is 0 Å². The molecule has 0 radical (unpaired) electrons. The third kappa shape index (κ3) is 4.46. The number of aliphatic hydroxyl groups excluding tert-OH is 1. The molecule has 0 saturated heterocycles. The SMILES string of the molecule is COc1ccc(OC)c(CN(CC(O)c2ccccc2Cl)C2CC2)c1. The van der Waals surface area contributed by atoms with Crippen LogP contribution >= 0.6 is 11.6 Å². The van der Waals surface area contributed by atoms with Crippen molar-refractivity contribution in [3.05, 3.63) is 58.6 Å². The lowest BCUT2D eigenvalue weighted by Gasteiger charge is -2.26. The third-order valence-electron chi connectivity index (χ3n) is 4.60. The number of hydrogen-bond acceptors (Lipinski definition) is 4. The van der Waals surface area contributed by atoms with E-state index < -0.39 is 6.10 Å². The van der Waals surface area contributed by atoms with E-state index in [9.17, 15) is 5.11 Å². The summed E-state index contributed by atoms with van der Waals surface area (Å²) in [5, 5.41) is 11.3. The minimum atomic E-state index is -0.620. The maximum atomic E-state index is 10.7. The van der Waals surface area contributed by atoms with E-state index in [1.54, 1.807) is 14.2 Å². The lowest BCUT2D eigenvalue weighted by Crippen LogP contribution is -2.30. The van der Waals surface area contributed by atoms with Crippen molar-refractivity contribution >= 4 is 11.6 Å². The average Bonchev–Trinajstić information content (AvgIpc) is 3.46. The van der Waals surface area contributed by atoms with Gasteiger partial charge in [0.25, 0.3) is 0 Å². The van der Waals surface area contributed by atoms with Gasteiger partial charge < -0.3 is 14.6 Å². The Morgan fingerprint density at radius 1 is 1.16 bits per heavy atom. The molecule has 5 heteroatoms. The van der Waals surface area contributed by atoms with Crippen molar-refractivity contribution in [1.82, 2.24) is 4.90 Å². The molecule has 0 amide bonds. The predicted octanol–water partition coefficient (Wildman–Crippen LogP) is 4.06. The molecule has 134 valence electrons. The predicted molar refractivity (Wildman–Crippen MR) is 99.4 cm³/mol. The molecule has 1 atom stereocenters. The second-order valence-corrected chi connectivity index (χ2v) is 6.78. The Balaban J connectivity index is 1.77. The van der Waals surface area contributed by atoms with Crippen LogP contribution in [0.3, 0.4) is 0 Å². The van der Waals surface area contributed by atoms with Gasteiger partial charge in [0.15, 0.2) is 0 Å². The largest absolute Gasteiger partial charge is 0.497 e. The van der Waals surface area contributed by atoms with E-state index in [0.717, 1.165) is 35.5 Å². The van der Waals surface area contributed by atoms with Gasteiger partial charge in [-0.15, -0.1) is 0 Å². The molecule has 0 bridgehead atoms. The van der Waals surface area contributed by atoms with Crippen molar-refractivity contribution in [2.45, 2.75) is 31.5 Å². The van der Waals surface area contributed by atoms with E-state index >= 15 is 0 Å². The van der Waals surface area contributed by atoms with Crippen molar-refractivity contribution in [2.75, 3.05) is 20.8 Å². The van der Waals surface area contributed by atoms with Gasteiger partial charge in [-0.1, -0.05) is 29.8 Å². The summed E-state index contributed by atoms with van der Waals surface area (Å²) < 4.78 is 10.8. The molecule has 25 heavy (non-hydrogen) atoms. The van der Waals surface area contributed by atoms with Gasteiger partial charge in [0.2, 0.25) is 0 Å². The fraction of sp³-hybridized carbons (Fsp3) is 0.400. The smallest absolute Gasteiger partial charge is 0.123 e. The summed E-state index contributed by atoms with van der Waals surface area (Å²) in [5.41, 5.74) is 1.83. The number of rotatable bonds is 8. The second kappa shape index (κ2) is 8.09. The van der Waals surface area contributed by atoms with E-state index in [0.29, 0.717) is 24.2 Å². The number of nitrogens with zero attached hydrogens (tertiary/aromatic N) is 1. The van der Waals surface area contributed by atoms with Crippen molar-refractivity contribution in [3.8, 4) is 11.5 Å². The molecular formula is C20H24ClNO3. The Hall–Kier alpha value is -1.75. The van der Waals surface area contributed by atoms with Crippen LogP contribution in [0.25, 0.3) is 0 Å². The molecule has 0 spiro atoms. The molecule has 1 unspecified atom stereocenters. The topological polar surface area (TPSA) is 41.9 Å². The molecule has 4 nitrogen and oxygen atoms in total. The molecule has 0 aliphatic heterocycles. The first-order chi connectivity index (χ1) is 12.1. The van der Waals surface area contributed by atoms with Crippen LogP contribution in [-0.2, 0) is 6.54 Å². The van der Waals surface area contributed by atoms with Crippen LogP contribution in [0.1, 0.15) is 30.1 Å². The first kappa shape index (κ1) is 18.1. The number of ether oxygens (including phenoxy) is 2. The first-order valence-corrected chi connectivity index (χ1v) is 8.87. The fourth-order valence-corrected chi connectivity index (χ4v) is 3.33. The van der Waals surface area contributed by atoms with Gasteiger partial charge in [-0.2, -0.15) is 0 Å². The molecule has 1 fully saturated rings. The molecule has 1 saturated carbocycles. The van der Waals surface area contributed by atoms with Crippen LogP contribution in [0.5, 0.6) is 11.5 Å². The average molecular weight is 362 g/mol. The summed E-state index contributed by atoms with van der Waals surface area (Å²) in [6.45, 7) is 1.24. The highest BCUT2D eigenvalue weighted by atomic mass is 35.5. The van der Waals surface area contributed by atoms with E-state index in [-0.39, 0.29) is 0 Å².